The summed E-state index contributed by atoms with van der Waals surface area (Å²) in [6.45, 7) is 0.213. The Morgan fingerprint density at radius 1 is 1.11 bits per heavy atom. The molecule has 3 aromatic rings. The second-order valence-corrected chi connectivity index (χ2v) is 7.76. The quantitative estimate of drug-likeness (QED) is 0.553. The fourth-order valence-corrected chi connectivity index (χ4v) is 3.95. The van der Waals surface area contributed by atoms with E-state index in [1.165, 1.54) is 17.0 Å². The SMILES string of the molecule is N#Cc1cccc2c1C(C(=O)NCc1ccc(OC(F)(F)F)cc1)N(CCc1ccccn1)C2=O. The predicted octanol–water partition coefficient (Wildman–Crippen LogP) is 3.91. The minimum Gasteiger partial charge on any atom is -0.406 e. The Labute approximate surface area is 198 Å². The molecule has 0 bridgehead atoms. The van der Waals surface area contributed by atoms with Crippen LogP contribution in [0.2, 0.25) is 0 Å². The van der Waals surface area contributed by atoms with Crippen LogP contribution in [0.25, 0.3) is 0 Å². The Morgan fingerprint density at radius 3 is 2.54 bits per heavy atom. The first-order valence-corrected chi connectivity index (χ1v) is 10.6. The maximum atomic E-state index is 13.3. The molecule has 1 aromatic heterocycles. The van der Waals surface area contributed by atoms with Crippen LogP contribution in [-0.2, 0) is 17.8 Å². The molecule has 0 saturated carbocycles. The van der Waals surface area contributed by atoms with Crippen LogP contribution in [0.3, 0.4) is 0 Å². The van der Waals surface area contributed by atoms with E-state index in [0.717, 1.165) is 17.8 Å². The molecule has 2 heterocycles. The van der Waals surface area contributed by atoms with Crippen molar-refractivity contribution < 1.29 is 27.5 Å². The molecule has 4 rings (SSSR count). The maximum Gasteiger partial charge on any atom is 0.573 e. The lowest BCUT2D eigenvalue weighted by molar-refractivity contribution is -0.274. The molecule has 2 amide bonds. The van der Waals surface area contributed by atoms with Gasteiger partial charge in [-0.05, 0) is 42.0 Å². The molecule has 0 aliphatic carbocycles. The number of carbonyl (C=O) groups excluding carboxylic acids is 2. The number of ether oxygens (including phenoxy) is 1. The highest BCUT2D eigenvalue weighted by Gasteiger charge is 2.42. The van der Waals surface area contributed by atoms with E-state index < -0.39 is 18.3 Å². The number of nitriles is 1. The van der Waals surface area contributed by atoms with Gasteiger partial charge in [0.25, 0.3) is 5.91 Å². The van der Waals surface area contributed by atoms with Gasteiger partial charge in [0.05, 0.1) is 11.6 Å². The van der Waals surface area contributed by atoms with Crippen molar-refractivity contribution in [1.29, 1.82) is 5.26 Å². The first-order valence-electron chi connectivity index (χ1n) is 10.6. The number of benzene rings is 2. The molecule has 35 heavy (non-hydrogen) atoms. The summed E-state index contributed by atoms with van der Waals surface area (Å²) in [6.07, 6.45) is -2.75. The number of amides is 2. The highest BCUT2D eigenvalue weighted by molar-refractivity contribution is 6.05. The molecule has 1 unspecified atom stereocenters. The van der Waals surface area contributed by atoms with Crippen LogP contribution in [0.1, 0.15) is 38.8 Å². The van der Waals surface area contributed by atoms with E-state index in [1.54, 1.807) is 30.5 Å². The van der Waals surface area contributed by atoms with E-state index in [9.17, 15) is 28.0 Å². The van der Waals surface area contributed by atoms with Crippen molar-refractivity contribution in [2.45, 2.75) is 25.4 Å². The van der Waals surface area contributed by atoms with Gasteiger partial charge in [0.15, 0.2) is 0 Å². The van der Waals surface area contributed by atoms with Crippen molar-refractivity contribution in [1.82, 2.24) is 15.2 Å². The minimum atomic E-state index is -4.80. The van der Waals surface area contributed by atoms with Gasteiger partial charge in [-0.25, -0.2) is 0 Å². The third-order valence-electron chi connectivity index (χ3n) is 5.51. The fourth-order valence-electron chi connectivity index (χ4n) is 3.95. The van der Waals surface area contributed by atoms with E-state index in [0.29, 0.717) is 23.1 Å². The Balaban J connectivity index is 1.53. The van der Waals surface area contributed by atoms with Crippen LogP contribution < -0.4 is 10.1 Å². The number of fused-ring (bicyclic) bond motifs is 1. The van der Waals surface area contributed by atoms with Crippen LogP contribution in [0.5, 0.6) is 5.75 Å². The van der Waals surface area contributed by atoms with Gasteiger partial charge in [-0.1, -0.05) is 24.3 Å². The lowest BCUT2D eigenvalue weighted by Gasteiger charge is -2.25. The van der Waals surface area contributed by atoms with Crippen LogP contribution in [0.4, 0.5) is 13.2 Å². The van der Waals surface area contributed by atoms with Gasteiger partial charge in [-0.15, -0.1) is 13.2 Å². The first kappa shape index (κ1) is 23.8. The number of carbonyl (C=O) groups is 2. The van der Waals surface area contributed by atoms with Crippen molar-refractivity contribution in [3.63, 3.8) is 0 Å². The largest absolute Gasteiger partial charge is 0.573 e. The number of alkyl halides is 3. The normalized spacial score (nSPS) is 14.9. The van der Waals surface area contributed by atoms with Gasteiger partial charge < -0.3 is 15.0 Å². The number of aromatic nitrogens is 1. The Hall–Kier alpha value is -4.39. The van der Waals surface area contributed by atoms with Crippen LogP contribution in [0.15, 0.2) is 66.9 Å². The summed E-state index contributed by atoms with van der Waals surface area (Å²) in [6, 6.07) is 16.3. The molecule has 0 fully saturated rings. The van der Waals surface area contributed by atoms with Crippen LogP contribution in [0, 0.1) is 11.3 Å². The number of nitrogens with one attached hydrogen (secondary N) is 1. The molecule has 1 N–H and O–H groups in total. The molecular weight excluding hydrogens is 461 g/mol. The molecule has 0 spiro atoms. The van der Waals surface area contributed by atoms with E-state index in [2.05, 4.69) is 15.0 Å². The zero-order chi connectivity index (χ0) is 25.0. The average Bonchev–Trinajstić information content (AvgIpc) is 3.13. The summed E-state index contributed by atoms with van der Waals surface area (Å²) in [5, 5.41) is 12.3. The summed E-state index contributed by atoms with van der Waals surface area (Å²) in [5.41, 5.74) is 2.14. The lowest BCUT2D eigenvalue weighted by Crippen LogP contribution is -2.40. The second kappa shape index (κ2) is 9.85. The summed E-state index contributed by atoms with van der Waals surface area (Å²) in [5.74, 6) is -1.24. The summed E-state index contributed by atoms with van der Waals surface area (Å²) >= 11 is 0. The fraction of sp³-hybridized carbons (Fsp3) is 0.200. The third-order valence-corrected chi connectivity index (χ3v) is 5.51. The molecule has 1 aliphatic heterocycles. The zero-order valence-corrected chi connectivity index (χ0v) is 18.2. The number of nitrogens with zero attached hydrogens (tertiary/aromatic N) is 3. The van der Waals surface area contributed by atoms with Gasteiger partial charge in [0, 0.05) is 42.5 Å². The smallest absolute Gasteiger partial charge is 0.406 e. The topological polar surface area (TPSA) is 95.3 Å². The van der Waals surface area contributed by atoms with Gasteiger partial charge >= 0.3 is 6.36 Å². The van der Waals surface area contributed by atoms with Crippen molar-refractivity contribution in [3.8, 4) is 11.8 Å². The summed E-state index contributed by atoms with van der Waals surface area (Å²) in [7, 11) is 0. The molecule has 178 valence electrons. The monoisotopic (exact) mass is 480 g/mol. The molecular formula is C25H19F3N4O3. The highest BCUT2D eigenvalue weighted by atomic mass is 19.4. The van der Waals surface area contributed by atoms with Gasteiger partial charge in [0.1, 0.15) is 11.8 Å². The minimum absolute atomic E-state index is 0.00789. The van der Waals surface area contributed by atoms with E-state index in [1.807, 2.05) is 18.2 Å². The molecule has 10 heteroatoms. The average molecular weight is 480 g/mol. The molecule has 0 saturated heterocycles. The maximum absolute atomic E-state index is 13.3. The van der Waals surface area contributed by atoms with Crippen molar-refractivity contribution in [2.75, 3.05) is 6.54 Å². The molecule has 1 atom stereocenters. The van der Waals surface area contributed by atoms with Crippen LogP contribution >= 0.6 is 0 Å². The highest BCUT2D eigenvalue weighted by Crippen LogP contribution is 2.36. The van der Waals surface area contributed by atoms with E-state index in [-0.39, 0.29) is 30.3 Å². The zero-order valence-electron chi connectivity index (χ0n) is 18.2. The number of rotatable bonds is 7. The van der Waals surface area contributed by atoms with Crippen molar-refractivity contribution in [3.05, 3.63) is 94.8 Å². The standard InChI is InChI=1S/C25H19F3N4O3/c26-25(27,28)35-19-9-7-16(8-10-19)15-31-23(33)22-21-17(14-29)4-3-6-20(21)24(34)32(22)13-11-18-5-1-2-12-30-18/h1-10,12,22H,11,13,15H2,(H,31,33). The second-order valence-electron chi connectivity index (χ2n) is 7.76. The lowest BCUT2D eigenvalue weighted by atomic mass is 9.98. The molecule has 0 radical (unpaired) electrons. The van der Waals surface area contributed by atoms with E-state index in [4.69, 9.17) is 0 Å². The van der Waals surface area contributed by atoms with Crippen molar-refractivity contribution in [2.24, 2.45) is 0 Å². The van der Waals surface area contributed by atoms with Gasteiger partial charge in [0.2, 0.25) is 5.91 Å². The van der Waals surface area contributed by atoms with Crippen molar-refractivity contribution >= 4 is 11.8 Å². The van der Waals surface area contributed by atoms with E-state index >= 15 is 0 Å². The third kappa shape index (κ3) is 5.41. The summed E-state index contributed by atoms with van der Waals surface area (Å²) < 4.78 is 40.9. The predicted molar refractivity (Wildman–Crippen MR) is 118 cm³/mol. The number of halogens is 3. The molecule has 2 aromatic carbocycles. The van der Waals surface area contributed by atoms with Gasteiger partial charge in [-0.2, -0.15) is 5.26 Å². The van der Waals surface area contributed by atoms with Gasteiger partial charge in [-0.3, -0.25) is 14.6 Å². The molecule has 1 aliphatic rings. The molecule has 7 nitrogen and oxygen atoms in total. The van der Waals surface area contributed by atoms with Crippen LogP contribution in [-0.4, -0.2) is 34.6 Å². The number of pyridine rings is 1. The first-order chi connectivity index (χ1) is 16.8. The Morgan fingerprint density at radius 2 is 1.89 bits per heavy atom. The summed E-state index contributed by atoms with van der Waals surface area (Å²) in [4.78, 5) is 32.1. The Kier molecular flexibility index (Phi) is 6.68. The number of hydrogen-bond donors (Lipinski definition) is 1. The Bertz CT molecular complexity index is 1270. The number of hydrogen-bond acceptors (Lipinski definition) is 5.